The number of nitrogens with one attached hydrogen (secondary N) is 1. The lowest BCUT2D eigenvalue weighted by Crippen LogP contribution is -2.62. The topological polar surface area (TPSA) is 55.9 Å². The highest BCUT2D eigenvalue weighted by molar-refractivity contribution is 6.34. The summed E-state index contributed by atoms with van der Waals surface area (Å²) in [5.74, 6) is -1.28. The summed E-state index contributed by atoms with van der Waals surface area (Å²) in [6.45, 7) is 5.86. The lowest BCUT2D eigenvalue weighted by molar-refractivity contribution is -0.138. The van der Waals surface area contributed by atoms with Gasteiger partial charge >= 0.3 is 0 Å². The Morgan fingerprint density at radius 1 is 1.19 bits per heavy atom. The number of benzene rings is 1. The fourth-order valence-corrected chi connectivity index (χ4v) is 3.64. The van der Waals surface area contributed by atoms with Crippen molar-refractivity contribution in [3.05, 3.63) is 34.1 Å². The summed E-state index contributed by atoms with van der Waals surface area (Å²) in [5.41, 5.74) is 0.484. The zero-order valence-electron chi connectivity index (χ0n) is 15.1. The van der Waals surface area contributed by atoms with Gasteiger partial charge in [-0.05, 0) is 25.6 Å². The molecule has 2 aliphatic rings. The van der Waals surface area contributed by atoms with Gasteiger partial charge in [0.15, 0.2) is 0 Å². The third-order valence-corrected chi connectivity index (χ3v) is 5.59. The quantitative estimate of drug-likeness (QED) is 0.828. The first-order chi connectivity index (χ1) is 12.4. The molecule has 1 N–H and O–H groups in total. The maximum Gasteiger partial charge on any atom is 0.259 e. The predicted octanol–water partition coefficient (Wildman–Crippen LogP) is 0.976. The Morgan fingerprint density at radius 3 is 2.58 bits per heavy atom. The molecule has 2 amide bonds. The highest BCUT2D eigenvalue weighted by atomic mass is 35.5. The fraction of sp³-hybridized carbons (Fsp3) is 0.556. The van der Waals surface area contributed by atoms with Crippen molar-refractivity contribution < 1.29 is 14.0 Å². The van der Waals surface area contributed by atoms with Crippen LogP contribution in [0.15, 0.2) is 12.1 Å². The molecule has 1 aromatic rings. The van der Waals surface area contributed by atoms with Gasteiger partial charge in [0.1, 0.15) is 11.9 Å². The molecule has 3 rings (SSSR count). The number of amides is 2. The van der Waals surface area contributed by atoms with E-state index in [1.807, 2.05) is 7.05 Å². The number of hydrogen-bond acceptors (Lipinski definition) is 4. The summed E-state index contributed by atoms with van der Waals surface area (Å²) in [7, 11) is 2.02. The minimum atomic E-state index is -0.657. The molecule has 26 heavy (non-hydrogen) atoms. The number of rotatable bonds is 2. The molecule has 142 valence electrons. The molecule has 0 radical (unpaired) electrons. The van der Waals surface area contributed by atoms with Gasteiger partial charge in [0, 0.05) is 45.8 Å². The molecule has 0 bridgehead atoms. The normalized spacial score (nSPS) is 21.8. The van der Waals surface area contributed by atoms with E-state index in [0.29, 0.717) is 38.3 Å². The van der Waals surface area contributed by atoms with Gasteiger partial charge in [0.25, 0.3) is 5.91 Å². The number of carbonyl (C=O) groups is 2. The van der Waals surface area contributed by atoms with E-state index in [-0.39, 0.29) is 16.5 Å². The first kappa shape index (κ1) is 19.1. The number of nitrogens with zero attached hydrogens (tertiary/aromatic N) is 3. The van der Waals surface area contributed by atoms with E-state index in [1.54, 1.807) is 17.9 Å². The van der Waals surface area contributed by atoms with Crippen molar-refractivity contribution in [2.24, 2.45) is 0 Å². The van der Waals surface area contributed by atoms with E-state index in [0.717, 1.165) is 13.1 Å². The average Bonchev–Trinajstić information content (AvgIpc) is 2.65. The van der Waals surface area contributed by atoms with Crippen molar-refractivity contribution in [2.45, 2.75) is 13.0 Å². The summed E-state index contributed by atoms with van der Waals surface area (Å²) in [5, 5.41) is 3.27. The van der Waals surface area contributed by atoms with Crippen molar-refractivity contribution in [3.63, 3.8) is 0 Å². The van der Waals surface area contributed by atoms with Gasteiger partial charge in [-0.3, -0.25) is 9.59 Å². The summed E-state index contributed by atoms with van der Waals surface area (Å²) < 4.78 is 14.3. The second-order valence-corrected chi connectivity index (χ2v) is 7.28. The Hall–Kier alpha value is -1.70. The van der Waals surface area contributed by atoms with Crippen molar-refractivity contribution >= 4 is 23.4 Å². The molecule has 6 nitrogen and oxygen atoms in total. The number of hydrogen-bond donors (Lipinski definition) is 1. The molecule has 1 atom stereocenters. The summed E-state index contributed by atoms with van der Waals surface area (Å²) >= 11 is 6.20. The Morgan fingerprint density at radius 2 is 1.88 bits per heavy atom. The molecule has 2 fully saturated rings. The molecular weight excluding hydrogens is 359 g/mol. The monoisotopic (exact) mass is 382 g/mol. The molecule has 0 unspecified atom stereocenters. The standard InChI is InChI=1S/C18H24ClFN4O2/c1-12-3-4-13(20)15(16(12)19)18(26)24-6-5-21-11-14(24)17(25)23-9-7-22(2)8-10-23/h3-4,14,21H,5-11H2,1-2H3/t14-/m1/s1. The number of halogens is 2. The maximum atomic E-state index is 14.3. The van der Waals surface area contributed by atoms with Gasteiger partial charge in [-0.2, -0.15) is 0 Å². The first-order valence-electron chi connectivity index (χ1n) is 8.83. The molecule has 0 aromatic heterocycles. The Balaban J connectivity index is 1.84. The van der Waals surface area contributed by atoms with E-state index < -0.39 is 17.8 Å². The van der Waals surface area contributed by atoms with Gasteiger partial charge in [-0.15, -0.1) is 0 Å². The highest BCUT2D eigenvalue weighted by Crippen LogP contribution is 2.26. The summed E-state index contributed by atoms with van der Waals surface area (Å²) in [6.07, 6.45) is 0. The largest absolute Gasteiger partial charge is 0.338 e. The van der Waals surface area contributed by atoms with Gasteiger partial charge in [0.05, 0.1) is 10.6 Å². The molecule has 0 saturated carbocycles. The van der Waals surface area contributed by atoms with Crippen LogP contribution in [0.25, 0.3) is 0 Å². The molecule has 1 aromatic carbocycles. The van der Waals surface area contributed by atoms with E-state index >= 15 is 0 Å². The summed E-state index contributed by atoms with van der Waals surface area (Å²) in [4.78, 5) is 31.4. The minimum absolute atomic E-state index is 0.0946. The van der Waals surface area contributed by atoms with Crippen molar-refractivity contribution in [1.82, 2.24) is 20.0 Å². The number of likely N-dealkylation sites (N-methyl/N-ethyl adjacent to an activating group) is 1. The van der Waals surface area contributed by atoms with E-state index in [9.17, 15) is 14.0 Å². The third kappa shape index (κ3) is 3.70. The zero-order valence-corrected chi connectivity index (χ0v) is 15.9. The van der Waals surface area contributed by atoms with Crippen LogP contribution in [0.5, 0.6) is 0 Å². The molecule has 0 spiro atoms. The highest BCUT2D eigenvalue weighted by Gasteiger charge is 2.37. The Bertz CT molecular complexity index is 707. The van der Waals surface area contributed by atoms with Crippen molar-refractivity contribution in [2.75, 3.05) is 52.9 Å². The fourth-order valence-electron chi connectivity index (χ4n) is 3.40. The molecule has 2 heterocycles. The number of carbonyl (C=O) groups excluding carboxylic acids is 2. The first-order valence-corrected chi connectivity index (χ1v) is 9.21. The van der Waals surface area contributed by atoms with Gasteiger partial charge in [-0.25, -0.2) is 4.39 Å². The van der Waals surface area contributed by atoms with Gasteiger partial charge < -0.3 is 20.0 Å². The lowest BCUT2D eigenvalue weighted by Gasteiger charge is -2.40. The predicted molar refractivity (Wildman–Crippen MR) is 97.9 cm³/mol. The minimum Gasteiger partial charge on any atom is -0.338 e. The third-order valence-electron chi connectivity index (χ3n) is 5.10. The van der Waals surface area contributed by atoms with E-state index in [4.69, 9.17) is 11.6 Å². The maximum absolute atomic E-state index is 14.3. The molecule has 0 aliphatic carbocycles. The van der Waals surface area contributed by atoms with Crippen LogP contribution in [0.2, 0.25) is 5.02 Å². The van der Waals surface area contributed by atoms with Gasteiger partial charge in [-0.1, -0.05) is 17.7 Å². The van der Waals surface area contributed by atoms with E-state index in [1.165, 1.54) is 11.0 Å². The molecule has 2 aliphatic heterocycles. The second-order valence-electron chi connectivity index (χ2n) is 6.90. The Kier molecular flexibility index (Phi) is 5.79. The number of aryl methyl sites for hydroxylation is 1. The van der Waals surface area contributed by atoms with Crippen LogP contribution in [0.3, 0.4) is 0 Å². The van der Waals surface area contributed by atoms with Crippen LogP contribution in [-0.4, -0.2) is 85.4 Å². The van der Waals surface area contributed by atoms with Crippen molar-refractivity contribution in [1.29, 1.82) is 0 Å². The Labute approximate surface area is 157 Å². The van der Waals surface area contributed by atoms with Crippen molar-refractivity contribution in [3.8, 4) is 0 Å². The zero-order chi connectivity index (χ0) is 18.8. The number of piperazine rings is 2. The molecule has 2 saturated heterocycles. The van der Waals surface area contributed by atoms with E-state index in [2.05, 4.69) is 10.2 Å². The SMILES string of the molecule is Cc1ccc(F)c(C(=O)N2CCNC[C@@H]2C(=O)N2CCN(C)CC2)c1Cl. The molecular formula is C18H24ClFN4O2. The smallest absolute Gasteiger partial charge is 0.259 e. The van der Waals surface area contributed by atoms with Crippen LogP contribution in [0.1, 0.15) is 15.9 Å². The average molecular weight is 383 g/mol. The van der Waals surface area contributed by atoms with Gasteiger partial charge in [0.2, 0.25) is 5.91 Å². The second kappa shape index (κ2) is 7.90. The van der Waals surface area contributed by atoms with Crippen LogP contribution in [0, 0.1) is 12.7 Å². The summed E-state index contributed by atoms with van der Waals surface area (Å²) in [6, 6.07) is 2.14. The lowest BCUT2D eigenvalue weighted by atomic mass is 10.1. The van der Waals surface area contributed by atoms with Crippen LogP contribution < -0.4 is 5.32 Å². The van der Waals surface area contributed by atoms with Crippen LogP contribution in [0.4, 0.5) is 4.39 Å². The molecule has 8 heteroatoms. The van der Waals surface area contributed by atoms with Crippen LogP contribution >= 0.6 is 11.6 Å². The van der Waals surface area contributed by atoms with Crippen LogP contribution in [-0.2, 0) is 4.79 Å².